The Hall–Kier alpha value is -3.15. The van der Waals surface area contributed by atoms with Gasteiger partial charge in [0.25, 0.3) is 0 Å². The van der Waals surface area contributed by atoms with Crippen LogP contribution in [-0.4, -0.2) is 76.3 Å². The molecule has 1 aliphatic heterocycles. The van der Waals surface area contributed by atoms with Gasteiger partial charge >= 0.3 is 0 Å². The first-order chi connectivity index (χ1) is 20.1. The molecule has 0 fully saturated rings. The Bertz CT molecular complexity index is 1380. The third kappa shape index (κ3) is 6.74. The number of ketones is 1. The lowest BCUT2D eigenvalue weighted by Crippen LogP contribution is -2.55. The highest BCUT2D eigenvalue weighted by Gasteiger charge is 2.51. The molecule has 2 aromatic carbocycles. The molecule has 1 aliphatic carbocycles. The Labute approximate surface area is 253 Å². The molecule has 0 radical (unpaired) electrons. The highest BCUT2D eigenvalue weighted by molar-refractivity contribution is 6.35. The summed E-state index contributed by atoms with van der Waals surface area (Å²) in [5.41, 5.74) is 1.87. The maximum Gasteiger partial charge on any atom is 0.247 e. The molecular weight excluding hydrogens is 587 g/mol. The number of ether oxygens (including phenoxy) is 2. The van der Waals surface area contributed by atoms with Crippen LogP contribution >= 0.6 is 23.2 Å². The molecule has 0 saturated carbocycles. The monoisotopic (exact) mass is 620 g/mol. The van der Waals surface area contributed by atoms with Crippen LogP contribution < -0.4 is 14.8 Å². The van der Waals surface area contributed by atoms with E-state index in [-0.39, 0.29) is 56.4 Å². The molecule has 0 saturated heterocycles. The van der Waals surface area contributed by atoms with E-state index in [1.165, 1.54) is 18.9 Å². The summed E-state index contributed by atoms with van der Waals surface area (Å²) in [6, 6.07) is 7.16. The molecule has 2 amide bonds. The van der Waals surface area contributed by atoms with Crippen molar-refractivity contribution >= 4 is 40.8 Å². The molecule has 1 heterocycles. The first-order valence-corrected chi connectivity index (χ1v) is 14.3. The van der Waals surface area contributed by atoms with Gasteiger partial charge in [-0.25, -0.2) is 0 Å². The topological polar surface area (TPSA) is 146 Å². The Kier molecular flexibility index (Phi) is 10.5. The number of benzene rings is 2. The second-order valence-corrected chi connectivity index (χ2v) is 11.2. The molecule has 42 heavy (non-hydrogen) atoms. The molecular formula is C30H34Cl2N2O8. The number of carbonyl (C=O) groups excluding carboxylic acids is 3. The number of Topliss-reactive ketones (excluding diaryl/α,β-unsaturated/α-hetero) is 1. The molecule has 2 aliphatic rings. The fourth-order valence-electron chi connectivity index (χ4n) is 5.44. The van der Waals surface area contributed by atoms with Crippen LogP contribution in [0.25, 0.3) is 0 Å². The summed E-state index contributed by atoms with van der Waals surface area (Å²) in [6.07, 6.45) is -0.180. The molecule has 0 spiro atoms. The summed E-state index contributed by atoms with van der Waals surface area (Å²) in [5, 5.41) is 34.3. The predicted molar refractivity (Wildman–Crippen MR) is 156 cm³/mol. The van der Waals surface area contributed by atoms with Crippen LogP contribution in [0.15, 0.2) is 42.0 Å². The number of nitrogens with one attached hydrogen (secondary N) is 1. The number of hydrogen-bond acceptors (Lipinski definition) is 8. The lowest BCUT2D eigenvalue weighted by molar-refractivity contribution is -0.138. The predicted octanol–water partition coefficient (Wildman–Crippen LogP) is 2.91. The summed E-state index contributed by atoms with van der Waals surface area (Å²) >= 11 is 12.5. The van der Waals surface area contributed by atoms with Crippen molar-refractivity contribution in [1.82, 2.24) is 10.2 Å². The third-order valence-electron chi connectivity index (χ3n) is 7.45. The van der Waals surface area contributed by atoms with Crippen molar-refractivity contribution < 1.29 is 39.2 Å². The normalized spacial score (nSPS) is 20.6. The Morgan fingerprint density at radius 3 is 2.52 bits per heavy atom. The molecule has 4 unspecified atom stereocenters. The van der Waals surface area contributed by atoms with Gasteiger partial charge in [0.2, 0.25) is 11.8 Å². The van der Waals surface area contributed by atoms with E-state index in [0.29, 0.717) is 44.7 Å². The van der Waals surface area contributed by atoms with E-state index >= 15 is 0 Å². The van der Waals surface area contributed by atoms with Crippen molar-refractivity contribution in [3.63, 3.8) is 0 Å². The molecule has 10 nitrogen and oxygen atoms in total. The van der Waals surface area contributed by atoms with Crippen LogP contribution in [0, 0.1) is 0 Å². The van der Waals surface area contributed by atoms with Gasteiger partial charge in [0.15, 0.2) is 11.5 Å². The average molecular weight is 622 g/mol. The van der Waals surface area contributed by atoms with Crippen LogP contribution in [-0.2, 0) is 27.5 Å². The lowest BCUT2D eigenvalue weighted by atomic mass is 9.77. The van der Waals surface area contributed by atoms with Gasteiger partial charge in [0.05, 0.1) is 32.3 Å². The van der Waals surface area contributed by atoms with Gasteiger partial charge < -0.3 is 39.8 Å². The van der Waals surface area contributed by atoms with Crippen LogP contribution in [0.1, 0.15) is 48.8 Å². The van der Waals surface area contributed by atoms with E-state index < -0.39 is 30.1 Å². The third-order valence-corrected chi connectivity index (χ3v) is 8.04. The number of rotatable bonds is 12. The standard InChI is InChI=1S/C30H34Cl2N2O8/c1-16(37)4-3-5-25(38)34(14-18-6-7-19(31)12-22(18)32)23-13-21(30(40)33-8-9-35)26-20-10-17(15-36)11-24(41-2)28(20)42-29(26)27(23)39/h6-7,10-13,23,26-27,29,35-36,39H,3-5,8-9,14-15H2,1-2H3,(H,33,40). The number of aliphatic hydroxyl groups is 3. The molecule has 4 rings (SSSR count). The first-order valence-electron chi connectivity index (χ1n) is 13.6. The molecule has 2 aromatic rings. The number of nitrogens with zero attached hydrogens (tertiary/aromatic N) is 1. The molecule has 0 bridgehead atoms. The number of carbonyl (C=O) groups is 3. The van der Waals surface area contributed by atoms with Gasteiger partial charge in [-0.3, -0.25) is 9.59 Å². The largest absolute Gasteiger partial charge is 0.493 e. The van der Waals surface area contributed by atoms with Crippen LogP contribution in [0.3, 0.4) is 0 Å². The second-order valence-electron chi connectivity index (χ2n) is 10.3. The summed E-state index contributed by atoms with van der Waals surface area (Å²) in [4.78, 5) is 40.1. The molecule has 226 valence electrons. The van der Waals surface area contributed by atoms with Crippen molar-refractivity contribution in [2.75, 3.05) is 20.3 Å². The first kappa shape index (κ1) is 31.8. The van der Waals surface area contributed by atoms with Crippen molar-refractivity contribution in [3.05, 3.63) is 68.7 Å². The number of methoxy groups -OCH3 is 1. The van der Waals surface area contributed by atoms with E-state index in [1.54, 1.807) is 36.4 Å². The average Bonchev–Trinajstić information content (AvgIpc) is 3.35. The fourth-order valence-corrected chi connectivity index (χ4v) is 5.91. The summed E-state index contributed by atoms with van der Waals surface area (Å²) in [5.74, 6) is -1.01. The van der Waals surface area contributed by atoms with Crippen LogP contribution in [0.4, 0.5) is 0 Å². The zero-order chi connectivity index (χ0) is 30.6. The fraction of sp³-hybridized carbons (Fsp3) is 0.433. The van der Waals surface area contributed by atoms with Gasteiger partial charge in [0.1, 0.15) is 18.0 Å². The SMILES string of the molecule is COc1cc(CO)cc2c1OC1C2C(C(=O)NCCO)=CC(N(Cc2ccc(Cl)cc2Cl)C(=O)CCCC(C)=O)C1O. The van der Waals surface area contributed by atoms with Gasteiger partial charge in [-0.15, -0.1) is 0 Å². The smallest absolute Gasteiger partial charge is 0.247 e. The minimum atomic E-state index is -1.29. The quantitative estimate of drug-likeness (QED) is 0.283. The van der Waals surface area contributed by atoms with E-state index in [4.69, 9.17) is 32.7 Å². The maximum atomic E-state index is 13.7. The maximum absolute atomic E-state index is 13.7. The van der Waals surface area contributed by atoms with Crippen molar-refractivity contribution in [2.24, 2.45) is 0 Å². The minimum Gasteiger partial charge on any atom is -0.493 e. The number of aliphatic hydroxyl groups excluding tert-OH is 3. The molecule has 4 atom stereocenters. The van der Waals surface area contributed by atoms with Gasteiger partial charge in [-0.2, -0.15) is 0 Å². The van der Waals surface area contributed by atoms with Crippen LogP contribution in [0.2, 0.25) is 10.0 Å². The van der Waals surface area contributed by atoms with Crippen molar-refractivity contribution in [2.45, 2.75) is 63.5 Å². The lowest BCUT2D eigenvalue weighted by Gasteiger charge is -2.41. The summed E-state index contributed by atoms with van der Waals surface area (Å²) in [6.45, 7) is 0.854. The van der Waals surface area contributed by atoms with E-state index in [0.717, 1.165) is 0 Å². The second kappa shape index (κ2) is 13.9. The summed E-state index contributed by atoms with van der Waals surface area (Å²) < 4.78 is 11.7. The Balaban J connectivity index is 1.80. The minimum absolute atomic E-state index is 0.0113. The zero-order valence-electron chi connectivity index (χ0n) is 23.3. The highest BCUT2D eigenvalue weighted by Crippen LogP contribution is 2.51. The van der Waals surface area contributed by atoms with E-state index in [2.05, 4.69) is 5.32 Å². The Morgan fingerprint density at radius 1 is 1.12 bits per heavy atom. The van der Waals surface area contributed by atoms with Crippen molar-refractivity contribution in [3.8, 4) is 11.5 Å². The van der Waals surface area contributed by atoms with E-state index in [9.17, 15) is 29.7 Å². The molecule has 4 N–H and O–H groups in total. The number of halogens is 2. The van der Waals surface area contributed by atoms with Gasteiger partial charge in [-0.1, -0.05) is 29.3 Å². The van der Waals surface area contributed by atoms with Crippen LogP contribution in [0.5, 0.6) is 11.5 Å². The zero-order valence-corrected chi connectivity index (χ0v) is 24.8. The molecule has 0 aromatic heterocycles. The van der Waals surface area contributed by atoms with Crippen molar-refractivity contribution in [1.29, 1.82) is 0 Å². The molecule has 12 heteroatoms. The number of fused-ring (bicyclic) bond motifs is 3. The number of hydrogen-bond donors (Lipinski definition) is 4. The highest BCUT2D eigenvalue weighted by atomic mass is 35.5. The Morgan fingerprint density at radius 2 is 1.88 bits per heavy atom. The van der Waals surface area contributed by atoms with Gasteiger partial charge in [-0.05, 0) is 54.8 Å². The number of amides is 2. The van der Waals surface area contributed by atoms with Gasteiger partial charge in [0, 0.05) is 47.1 Å². The summed E-state index contributed by atoms with van der Waals surface area (Å²) in [7, 11) is 1.45. The van der Waals surface area contributed by atoms with E-state index in [1.807, 2.05) is 0 Å².